The SMILES string of the molecule is CSCCC(C)N(C)C(=O)c1ncn[nH]1. The third-order valence-electron chi connectivity index (χ3n) is 2.34. The molecule has 6 heteroatoms. The first-order chi connectivity index (χ1) is 7.16. The highest BCUT2D eigenvalue weighted by molar-refractivity contribution is 7.98. The molecule has 1 unspecified atom stereocenters. The van der Waals surface area contributed by atoms with Crippen molar-refractivity contribution in [3.8, 4) is 0 Å². The van der Waals surface area contributed by atoms with Gasteiger partial charge in [0, 0.05) is 13.1 Å². The number of nitrogens with zero attached hydrogens (tertiary/aromatic N) is 3. The number of amides is 1. The van der Waals surface area contributed by atoms with Crippen molar-refractivity contribution >= 4 is 17.7 Å². The molecular weight excluding hydrogens is 212 g/mol. The third kappa shape index (κ3) is 3.23. The van der Waals surface area contributed by atoms with Gasteiger partial charge in [0.15, 0.2) is 0 Å². The summed E-state index contributed by atoms with van der Waals surface area (Å²) >= 11 is 1.78. The van der Waals surface area contributed by atoms with Crippen LogP contribution in [0.1, 0.15) is 24.0 Å². The van der Waals surface area contributed by atoms with Crippen LogP contribution >= 0.6 is 11.8 Å². The van der Waals surface area contributed by atoms with E-state index in [2.05, 4.69) is 21.4 Å². The van der Waals surface area contributed by atoms with Gasteiger partial charge in [-0.05, 0) is 25.4 Å². The van der Waals surface area contributed by atoms with E-state index >= 15 is 0 Å². The lowest BCUT2D eigenvalue weighted by Gasteiger charge is -2.23. The number of rotatable bonds is 5. The maximum atomic E-state index is 11.8. The van der Waals surface area contributed by atoms with Crippen molar-refractivity contribution in [1.29, 1.82) is 0 Å². The Bertz CT molecular complexity index is 301. The van der Waals surface area contributed by atoms with Crippen LogP contribution in [-0.4, -0.2) is 51.1 Å². The van der Waals surface area contributed by atoms with E-state index in [1.165, 1.54) is 6.33 Å². The smallest absolute Gasteiger partial charge is 0.291 e. The summed E-state index contributed by atoms with van der Waals surface area (Å²) in [5.74, 6) is 1.24. The number of carbonyl (C=O) groups is 1. The van der Waals surface area contributed by atoms with Gasteiger partial charge in [0.05, 0.1) is 0 Å². The van der Waals surface area contributed by atoms with Gasteiger partial charge < -0.3 is 4.90 Å². The zero-order chi connectivity index (χ0) is 11.3. The summed E-state index contributed by atoms with van der Waals surface area (Å²) in [4.78, 5) is 17.3. The van der Waals surface area contributed by atoms with Gasteiger partial charge >= 0.3 is 0 Å². The van der Waals surface area contributed by atoms with Gasteiger partial charge in [-0.3, -0.25) is 9.89 Å². The fourth-order valence-electron chi connectivity index (χ4n) is 1.16. The monoisotopic (exact) mass is 228 g/mol. The van der Waals surface area contributed by atoms with Crippen molar-refractivity contribution in [3.63, 3.8) is 0 Å². The maximum Gasteiger partial charge on any atom is 0.291 e. The van der Waals surface area contributed by atoms with Crippen molar-refractivity contribution in [2.75, 3.05) is 19.1 Å². The lowest BCUT2D eigenvalue weighted by Crippen LogP contribution is -2.36. The lowest BCUT2D eigenvalue weighted by molar-refractivity contribution is 0.0729. The topological polar surface area (TPSA) is 61.9 Å². The molecule has 0 radical (unpaired) electrons. The summed E-state index contributed by atoms with van der Waals surface area (Å²) in [6.45, 7) is 2.03. The Labute approximate surface area is 93.6 Å². The molecule has 0 aliphatic heterocycles. The van der Waals surface area contributed by atoms with Crippen LogP contribution in [0.2, 0.25) is 0 Å². The standard InChI is InChI=1S/C9H16N4OS/c1-7(4-5-15-3)13(2)9(14)8-10-6-11-12-8/h6-7H,4-5H2,1-3H3,(H,10,11,12). The van der Waals surface area contributed by atoms with Gasteiger partial charge in [-0.15, -0.1) is 0 Å². The Morgan fingerprint density at radius 2 is 2.47 bits per heavy atom. The minimum Gasteiger partial charge on any atom is -0.336 e. The molecule has 1 N–H and O–H groups in total. The molecule has 0 aromatic carbocycles. The molecule has 1 aromatic rings. The summed E-state index contributed by atoms with van der Waals surface area (Å²) in [6.07, 6.45) is 4.39. The molecule has 1 aromatic heterocycles. The molecule has 5 nitrogen and oxygen atoms in total. The largest absolute Gasteiger partial charge is 0.336 e. The number of hydrogen-bond donors (Lipinski definition) is 1. The molecule has 0 saturated carbocycles. The van der Waals surface area contributed by atoms with Crippen LogP contribution in [0.15, 0.2) is 6.33 Å². The molecule has 0 bridgehead atoms. The van der Waals surface area contributed by atoms with E-state index < -0.39 is 0 Å². The first kappa shape index (κ1) is 12.0. The van der Waals surface area contributed by atoms with Gasteiger partial charge in [-0.1, -0.05) is 0 Å². The van der Waals surface area contributed by atoms with E-state index in [1.807, 2.05) is 6.92 Å². The van der Waals surface area contributed by atoms with E-state index in [0.717, 1.165) is 12.2 Å². The molecule has 0 saturated heterocycles. The number of hydrogen-bond acceptors (Lipinski definition) is 4. The summed E-state index contributed by atoms with van der Waals surface area (Å²) < 4.78 is 0. The number of aromatic amines is 1. The van der Waals surface area contributed by atoms with Crippen LogP contribution in [0, 0.1) is 0 Å². The average molecular weight is 228 g/mol. The van der Waals surface area contributed by atoms with Crippen LogP contribution in [-0.2, 0) is 0 Å². The summed E-state index contributed by atoms with van der Waals surface area (Å²) in [5.41, 5.74) is 0. The fourth-order valence-corrected chi connectivity index (χ4v) is 1.73. The van der Waals surface area contributed by atoms with E-state index in [0.29, 0.717) is 5.82 Å². The van der Waals surface area contributed by atoms with Gasteiger partial charge in [0.25, 0.3) is 5.91 Å². The van der Waals surface area contributed by atoms with Crippen LogP contribution < -0.4 is 0 Å². The van der Waals surface area contributed by atoms with E-state index in [4.69, 9.17) is 0 Å². The Morgan fingerprint density at radius 1 is 1.73 bits per heavy atom. The highest BCUT2D eigenvalue weighted by Gasteiger charge is 2.18. The van der Waals surface area contributed by atoms with Crippen molar-refractivity contribution in [2.24, 2.45) is 0 Å². The lowest BCUT2D eigenvalue weighted by atomic mass is 10.2. The number of H-pyrrole nitrogens is 1. The third-order valence-corrected chi connectivity index (χ3v) is 2.98. The molecule has 1 heterocycles. The molecule has 15 heavy (non-hydrogen) atoms. The second-order valence-corrected chi connectivity index (χ2v) is 4.37. The minimum atomic E-state index is -0.110. The van der Waals surface area contributed by atoms with Gasteiger partial charge in [-0.2, -0.15) is 16.9 Å². The van der Waals surface area contributed by atoms with Crippen LogP contribution in [0.3, 0.4) is 0 Å². The number of thioether (sulfide) groups is 1. The molecule has 84 valence electrons. The van der Waals surface area contributed by atoms with Gasteiger partial charge in [-0.25, -0.2) is 4.98 Å². The van der Waals surface area contributed by atoms with E-state index in [1.54, 1.807) is 23.7 Å². The average Bonchev–Trinajstić information content (AvgIpc) is 2.77. The summed E-state index contributed by atoms with van der Waals surface area (Å²) in [5, 5.41) is 6.23. The predicted molar refractivity (Wildman–Crippen MR) is 60.9 cm³/mol. The Balaban J connectivity index is 2.52. The molecule has 1 atom stereocenters. The van der Waals surface area contributed by atoms with Crippen molar-refractivity contribution in [3.05, 3.63) is 12.2 Å². The number of nitrogens with one attached hydrogen (secondary N) is 1. The molecule has 0 spiro atoms. The Hall–Kier alpha value is -1.04. The quantitative estimate of drug-likeness (QED) is 0.817. The fraction of sp³-hybridized carbons (Fsp3) is 0.667. The second-order valence-electron chi connectivity index (χ2n) is 3.38. The maximum absolute atomic E-state index is 11.8. The van der Waals surface area contributed by atoms with E-state index in [9.17, 15) is 4.79 Å². The molecule has 0 fully saturated rings. The zero-order valence-electron chi connectivity index (χ0n) is 9.23. The van der Waals surface area contributed by atoms with Gasteiger partial charge in [0.2, 0.25) is 5.82 Å². The first-order valence-electron chi connectivity index (χ1n) is 4.78. The van der Waals surface area contributed by atoms with Gasteiger partial charge in [0.1, 0.15) is 6.33 Å². The highest BCUT2D eigenvalue weighted by Crippen LogP contribution is 2.08. The Kier molecular flexibility index (Phi) is 4.61. The molecule has 1 rings (SSSR count). The van der Waals surface area contributed by atoms with Crippen molar-refractivity contribution in [1.82, 2.24) is 20.1 Å². The molecule has 0 aliphatic carbocycles. The zero-order valence-corrected chi connectivity index (χ0v) is 10.0. The minimum absolute atomic E-state index is 0.110. The molecule has 1 amide bonds. The predicted octanol–water partition coefficient (Wildman–Crippen LogP) is 1.02. The van der Waals surface area contributed by atoms with Crippen molar-refractivity contribution in [2.45, 2.75) is 19.4 Å². The van der Waals surface area contributed by atoms with Crippen LogP contribution in [0.4, 0.5) is 0 Å². The summed E-state index contributed by atoms with van der Waals surface area (Å²) in [6, 6.07) is 0.218. The Morgan fingerprint density at radius 3 is 3.00 bits per heavy atom. The van der Waals surface area contributed by atoms with Crippen LogP contribution in [0.25, 0.3) is 0 Å². The molecule has 0 aliphatic rings. The van der Waals surface area contributed by atoms with E-state index in [-0.39, 0.29) is 11.9 Å². The molecular formula is C9H16N4OS. The van der Waals surface area contributed by atoms with Crippen molar-refractivity contribution < 1.29 is 4.79 Å². The number of carbonyl (C=O) groups excluding carboxylic acids is 1. The second kappa shape index (κ2) is 5.75. The highest BCUT2D eigenvalue weighted by atomic mass is 32.2. The number of aromatic nitrogens is 3. The normalized spacial score (nSPS) is 12.5. The first-order valence-corrected chi connectivity index (χ1v) is 6.17. The summed E-state index contributed by atoms with van der Waals surface area (Å²) in [7, 11) is 1.79. The van der Waals surface area contributed by atoms with Crippen LogP contribution in [0.5, 0.6) is 0 Å².